The van der Waals surface area contributed by atoms with Crippen LogP contribution in [-0.2, 0) is 10.2 Å². The van der Waals surface area contributed by atoms with Crippen molar-refractivity contribution in [2.45, 2.75) is 71.4 Å². The molecule has 0 saturated carbocycles. The van der Waals surface area contributed by atoms with Crippen molar-refractivity contribution in [3.05, 3.63) is 89.8 Å². The summed E-state index contributed by atoms with van der Waals surface area (Å²) in [6, 6.07) is 20.1. The maximum absolute atomic E-state index is 13.0. The Morgan fingerprint density at radius 2 is 1.74 bits per heavy atom. The van der Waals surface area contributed by atoms with Gasteiger partial charge < -0.3 is 29.4 Å². The Morgan fingerprint density at radius 1 is 0.938 bits per heavy atom. The van der Waals surface area contributed by atoms with Crippen molar-refractivity contribution >= 4 is 45.9 Å². The highest BCUT2D eigenvalue weighted by Crippen LogP contribution is 2.38. The van der Waals surface area contributed by atoms with Crippen molar-refractivity contribution in [2.24, 2.45) is 5.92 Å². The van der Waals surface area contributed by atoms with Crippen molar-refractivity contribution in [1.82, 2.24) is 45.6 Å². The van der Waals surface area contributed by atoms with Crippen LogP contribution in [0.4, 0.5) is 21.9 Å². The summed E-state index contributed by atoms with van der Waals surface area (Å²) in [6.07, 6.45) is 4.14. The van der Waals surface area contributed by atoms with E-state index in [0.717, 1.165) is 108 Å². The number of H-pyrrole nitrogens is 1. The van der Waals surface area contributed by atoms with Gasteiger partial charge in [0.2, 0.25) is 11.8 Å². The van der Waals surface area contributed by atoms with Gasteiger partial charge in [-0.15, -0.1) is 0 Å². The number of hydrogen-bond acceptors (Lipinski definition) is 13. The first kappa shape index (κ1) is 42.1. The number of ether oxygens (including phenoxy) is 1. The third-order valence-corrected chi connectivity index (χ3v) is 13.2. The van der Waals surface area contributed by atoms with E-state index in [1.807, 2.05) is 58.9 Å². The van der Waals surface area contributed by atoms with E-state index in [2.05, 4.69) is 81.8 Å². The third-order valence-electron chi connectivity index (χ3n) is 13.2. The van der Waals surface area contributed by atoms with Gasteiger partial charge in [0.15, 0.2) is 5.82 Å². The van der Waals surface area contributed by atoms with Crippen molar-refractivity contribution in [1.29, 1.82) is 0 Å². The number of piperazine rings is 1. The van der Waals surface area contributed by atoms with Crippen LogP contribution in [-0.4, -0.2) is 111 Å². The van der Waals surface area contributed by atoms with Crippen LogP contribution in [0, 0.1) is 12.8 Å². The molecule has 3 fully saturated rings. The first-order chi connectivity index (χ1) is 31.3. The molecule has 2 aromatic carbocycles. The normalized spacial score (nSPS) is 18.8. The third kappa shape index (κ3) is 8.47. The van der Waals surface area contributed by atoms with Crippen molar-refractivity contribution in [2.75, 3.05) is 67.1 Å². The number of nitrogens with one attached hydrogen (secondary N) is 3. The molecular weight excluding hydrogens is 825 g/mol. The number of hydrogen-bond donors (Lipinski definition) is 3. The summed E-state index contributed by atoms with van der Waals surface area (Å²) in [4.78, 5) is 68.0. The van der Waals surface area contributed by atoms with Gasteiger partial charge in [-0.3, -0.25) is 24.7 Å². The number of benzene rings is 2. The predicted molar refractivity (Wildman–Crippen MR) is 246 cm³/mol. The second kappa shape index (κ2) is 16.9. The molecule has 10 rings (SSSR count). The quantitative estimate of drug-likeness (QED) is 0.145. The molecule has 17 nitrogen and oxygen atoms in total. The molecule has 3 N–H and O–H groups in total. The van der Waals surface area contributed by atoms with Gasteiger partial charge in [0, 0.05) is 80.0 Å². The zero-order chi connectivity index (χ0) is 45.0. The second-order valence-corrected chi connectivity index (χ2v) is 18.7. The number of nitrogens with zero attached hydrogens (tertiary/aromatic N) is 9. The highest BCUT2D eigenvalue weighted by molar-refractivity contribution is 6.05. The van der Waals surface area contributed by atoms with E-state index in [0.29, 0.717) is 42.8 Å². The molecule has 65 heavy (non-hydrogen) atoms. The van der Waals surface area contributed by atoms with Gasteiger partial charge in [0.05, 0.1) is 29.2 Å². The first-order valence-corrected chi connectivity index (χ1v) is 22.5. The number of piperidine rings is 1. The van der Waals surface area contributed by atoms with Gasteiger partial charge in [-0.1, -0.05) is 38.1 Å². The summed E-state index contributed by atoms with van der Waals surface area (Å²) in [6.45, 7) is 16.8. The lowest BCUT2D eigenvalue weighted by atomic mass is 9.95. The number of aryl methyl sites for hydroxylation is 1. The lowest BCUT2D eigenvalue weighted by Gasteiger charge is -2.46. The molecule has 2 atom stereocenters. The summed E-state index contributed by atoms with van der Waals surface area (Å²) in [5.41, 5.74) is 8.67. The minimum Gasteiger partial charge on any atom is -0.474 e. The minimum atomic E-state index is -0.417. The molecule has 0 bridgehead atoms. The van der Waals surface area contributed by atoms with Crippen LogP contribution in [0.3, 0.4) is 0 Å². The molecule has 0 radical (unpaired) electrons. The number of carbonyl (C=O) groups is 3. The minimum absolute atomic E-state index is 0.0551. The van der Waals surface area contributed by atoms with E-state index >= 15 is 0 Å². The Balaban J connectivity index is 0.750. The maximum atomic E-state index is 13.0. The molecule has 4 amide bonds. The van der Waals surface area contributed by atoms with Crippen LogP contribution in [0.2, 0.25) is 0 Å². The average molecular weight is 879 g/mol. The van der Waals surface area contributed by atoms with E-state index in [9.17, 15) is 14.4 Å². The number of anilines is 3. The zero-order valence-corrected chi connectivity index (χ0v) is 37.4. The Kier molecular flexibility index (Phi) is 11.0. The van der Waals surface area contributed by atoms with Crippen molar-refractivity contribution in [3.8, 4) is 28.5 Å². The Bertz CT molecular complexity index is 2770. The monoisotopic (exact) mass is 878 g/mol. The van der Waals surface area contributed by atoms with E-state index in [4.69, 9.17) is 19.2 Å². The molecule has 17 heteroatoms. The standard InChI is InChI=1S/C48H54N12O5/c1-28-22-31(6-11-35(28)29(2)51-43(62)45-55-46(56-65-45)48(3,4)5)41-36-23-38(52-42(36)50-27-49-41)37-12-13-39-44(53-37)64-26-34-25-57(20-21-59(34)39)24-30-14-17-58(18-15-30)32-7-9-33(10-8-32)60-19-16-40(61)54-47(60)63/h6-13,22-23,27,29-30,34H,14-21,24-26H2,1-5H3,(H,51,62)(H,49,50,52)(H,54,61,63)/t29-,34?/m1/s1. The first-order valence-electron chi connectivity index (χ1n) is 22.5. The number of fused-ring (bicyclic) bond motifs is 4. The second-order valence-electron chi connectivity index (χ2n) is 18.7. The topological polar surface area (TPSA) is 191 Å². The Hall–Kier alpha value is -6.88. The largest absolute Gasteiger partial charge is 0.474 e. The highest BCUT2D eigenvalue weighted by Gasteiger charge is 2.35. The van der Waals surface area contributed by atoms with E-state index in [-0.39, 0.29) is 35.3 Å². The number of aromatic amines is 1. The number of imide groups is 1. The Morgan fingerprint density at radius 3 is 2.49 bits per heavy atom. The molecule has 6 aromatic rings. The molecule has 0 spiro atoms. The van der Waals surface area contributed by atoms with E-state index in [1.165, 1.54) is 0 Å². The molecule has 4 aliphatic heterocycles. The molecule has 336 valence electrons. The molecular formula is C48H54N12O5. The molecule has 4 aromatic heterocycles. The van der Waals surface area contributed by atoms with Crippen LogP contribution >= 0.6 is 0 Å². The maximum Gasteiger partial charge on any atom is 0.328 e. The smallest absolute Gasteiger partial charge is 0.328 e. The molecule has 0 aliphatic carbocycles. The van der Waals surface area contributed by atoms with Gasteiger partial charge in [0.25, 0.3) is 0 Å². The number of carbonyl (C=O) groups excluding carboxylic acids is 3. The van der Waals surface area contributed by atoms with Gasteiger partial charge in [0.1, 0.15) is 24.3 Å². The summed E-state index contributed by atoms with van der Waals surface area (Å²) in [5.74, 6) is 1.06. The fourth-order valence-corrected chi connectivity index (χ4v) is 9.59. The van der Waals surface area contributed by atoms with Gasteiger partial charge in [-0.05, 0) is 92.3 Å². The van der Waals surface area contributed by atoms with Crippen LogP contribution in [0.1, 0.15) is 80.6 Å². The van der Waals surface area contributed by atoms with Crippen molar-refractivity contribution < 1.29 is 23.6 Å². The van der Waals surface area contributed by atoms with Gasteiger partial charge in [-0.2, -0.15) is 4.98 Å². The lowest BCUT2D eigenvalue weighted by Crippen LogP contribution is -2.58. The van der Waals surface area contributed by atoms with Crippen LogP contribution < -0.4 is 30.1 Å². The van der Waals surface area contributed by atoms with Gasteiger partial charge in [-0.25, -0.2) is 19.7 Å². The zero-order valence-electron chi connectivity index (χ0n) is 37.4. The number of pyridine rings is 1. The number of rotatable bonds is 9. The fraction of sp³-hybridized carbons (Fsp3) is 0.417. The molecule has 4 aliphatic rings. The summed E-state index contributed by atoms with van der Waals surface area (Å²) >= 11 is 0. The molecule has 3 saturated heterocycles. The number of urea groups is 1. The van der Waals surface area contributed by atoms with Crippen LogP contribution in [0.5, 0.6) is 5.88 Å². The summed E-state index contributed by atoms with van der Waals surface area (Å²) < 4.78 is 11.6. The van der Waals surface area contributed by atoms with E-state index < -0.39 is 5.91 Å². The lowest BCUT2D eigenvalue weighted by molar-refractivity contribution is -0.120. The molecule has 8 heterocycles. The van der Waals surface area contributed by atoms with Crippen molar-refractivity contribution in [3.63, 3.8) is 0 Å². The van der Waals surface area contributed by atoms with E-state index in [1.54, 1.807) is 11.2 Å². The highest BCUT2D eigenvalue weighted by atomic mass is 16.5. The van der Waals surface area contributed by atoms with Crippen LogP contribution in [0.25, 0.3) is 33.7 Å². The average Bonchev–Trinajstić information content (AvgIpc) is 3.99. The fourth-order valence-electron chi connectivity index (χ4n) is 9.59. The molecule has 1 unspecified atom stereocenters. The predicted octanol–water partition coefficient (Wildman–Crippen LogP) is 6.41. The summed E-state index contributed by atoms with van der Waals surface area (Å²) in [7, 11) is 0. The van der Waals surface area contributed by atoms with Crippen LogP contribution in [0.15, 0.2) is 71.5 Å². The van der Waals surface area contributed by atoms with Gasteiger partial charge >= 0.3 is 17.8 Å². The summed E-state index contributed by atoms with van der Waals surface area (Å²) in [5, 5.41) is 10.3. The number of aromatic nitrogens is 6. The SMILES string of the molecule is Cc1cc(-c2ncnc3[nH]c(-c4ccc5c(n4)OCC4CN(CC6CCN(c7ccc(N8CCC(=O)NC8=O)cc7)CC6)CCN54)cc23)ccc1[C@@H](C)NC(=O)c1nc(C(C)(C)C)no1. The number of amides is 4. The Labute approximate surface area is 377 Å².